The largest absolute Gasteiger partial charge is 0.463 e. The van der Waals surface area contributed by atoms with Gasteiger partial charge in [-0.25, -0.2) is 0 Å². The number of rotatable bonds is 9. The summed E-state index contributed by atoms with van der Waals surface area (Å²) in [6, 6.07) is 8.14. The molecule has 27 heavy (non-hydrogen) atoms. The molecule has 0 aliphatic heterocycles. The average Bonchev–Trinajstić information content (AvgIpc) is 2.98. The van der Waals surface area contributed by atoms with Crippen LogP contribution in [0.25, 0.3) is 0 Å². The van der Waals surface area contributed by atoms with Gasteiger partial charge in [0.15, 0.2) is 0 Å². The first-order valence-corrected chi connectivity index (χ1v) is 9.34. The molecule has 0 aliphatic carbocycles. The summed E-state index contributed by atoms with van der Waals surface area (Å²) in [6.07, 6.45) is 1.70. The minimum Gasteiger partial charge on any atom is -0.463 e. The van der Waals surface area contributed by atoms with Gasteiger partial charge in [0.25, 0.3) is 0 Å². The van der Waals surface area contributed by atoms with E-state index in [1.54, 1.807) is 6.92 Å². The van der Waals surface area contributed by atoms with E-state index in [1.807, 2.05) is 45.0 Å². The van der Waals surface area contributed by atoms with E-state index in [1.165, 1.54) is 5.56 Å². The Morgan fingerprint density at radius 2 is 1.89 bits per heavy atom. The number of nitrogens with one attached hydrogen (secondary N) is 1. The minimum absolute atomic E-state index is 0.0515. The number of aryl methyl sites for hydroxylation is 4. The molecule has 1 aromatic carbocycles. The van der Waals surface area contributed by atoms with E-state index in [9.17, 15) is 9.59 Å². The van der Waals surface area contributed by atoms with Crippen LogP contribution in [-0.2, 0) is 20.7 Å². The molecule has 146 valence electrons. The number of carbonyl (C=O) groups excluding carboxylic acids is 2. The van der Waals surface area contributed by atoms with Gasteiger partial charge >= 0.3 is 5.97 Å². The number of hydrogen-bond acceptors (Lipinski definition) is 5. The van der Waals surface area contributed by atoms with Crippen LogP contribution in [0.15, 0.2) is 28.8 Å². The maximum atomic E-state index is 12.4. The highest BCUT2D eigenvalue weighted by atomic mass is 16.5. The van der Waals surface area contributed by atoms with Crippen molar-refractivity contribution in [2.45, 2.75) is 52.9 Å². The van der Waals surface area contributed by atoms with Crippen molar-refractivity contribution in [3.8, 4) is 0 Å². The van der Waals surface area contributed by atoms with E-state index in [-0.39, 0.29) is 18.5 Å². The minimum atomic E-state index is -0.395. The van der Waals surface area contributed by atoms with Crippen LogP contribution in [0.3, 0.4) is 0 Å². The van der Waals surface area contributed by atoms with Gasteiger partial charge in [-0.2, -0.15) is 0 Å². The highest BCUT2D eigenvalue weighted by Gasteiger charge is 2.26. The summed E-state index contributed by atoms with van der Waals surface area (Å²) in [6.45, 7) is 8.01. The number of aromatic nitrogens is 1. The van der Waals surface area contributed by atoms with Crippen LogP contribution in [0.2, 0.25) is 0 Å². The lowest BCUT2D eigenvalue weighted by Crippen LogP contribution is -2.29. The maximum Gasteiger partial charge on any atom is 0.313 e. The zero-order valence-electron chi connectivity index (χ0n) is 16.5. The number of benzene rings is 1. The van der Waals surface area contributed by atoms with Crippen LogP contribution in [0, 0.1) is 20.8 Å². The molecule has 2 rings (SSSR count). The zero-order valence-corrected chi connectivity index (χ0v) is 16.5. The lowest BCUT2D eigenvalue weighted by Gasteiger charge is -2.14. The number of carbonyl (C=O) groups is 2. The molecule has 6 nitrogen and oxygen atoms in total. The van der Waals surface area contributed by atoms with Crippen molar-refractivity contribution in [1.82, 2.24) is 10.5 Å². The Morgan fingerprint density at radius 1 is 1.19 bits per heavy atom. The molecule has 1 atom stereocenters. The molecule has 0 radical (unpaired) electrons. The van der Waals surface area contributed by atoms with Crippen LogP contribution in [-0.4, -0.2) is 30.2 Å². The van der Waals surface area contributed by atoms with E-state index >= 15 is 0 Å². The molecule has 0 aliphatic rings. The van der Waals surface area contributed by atoms with Crippen molar-refractivity contribution in [1.29, 1.82) is 0 Å². The van der Waals surface area contributed by atoms with Crippen molar-refractivity contribution >= 4 is 11.9 Å². The van der Waals surface area contributed by atoms with Gasteiger partial charge in [0.05, 0.1) is 18.2 Å². The number of esters is 1. The molecular weight excluding hydrogens is 344 g/mol. The first kappa shape index (κ1) is 20.7. The van der Waals surface area contributed by atoms with Crippen LogP contribution in [0.1, 0.15) is 53.8 Å². The predicted molar refractivity (Wildman–Crippen MR) is 102 cm³/mol. The molecule has 0 spiro atoms. The summed E-state index contributed by atoms with van der Waals surface area (Å²) in [5.41, 5.74) is 3.84. The normalized spacial score (nSPS) is 11.9. The first-order valence-electron chi connectivity index (χ1n) is 9.34. The second-order valence-corrected chi connectivity index (χ2v) is 6.70. The van der Waals surface area contributed by atoms with E-state index in [0.29, 0.717) is 37.3 Å². The molecule has 0 fully saturated rings. The van der Waals surface area contributed by atoms with Crippen LogP contribution in [0.4, 0.5) is 0 Å². The van der Waals surface area contributed by atoms with Crippen molar-refractivity contribution < 1.29 is 18.8 Å². The van der Waals surface area contributed by atoms with Crippen molar-refractivity contribution in [2.24, 2.45) is 0 Å². The molecule has 1 amide bonds. The van der Waals surface area contributed by atoms with Gasteiger partial charge in [-0.1, -0.05) is 41.9 Å². The third-order valence-corrected chi connectivity index (χ3v) is 4.56. The number of amides is 1. The van der Waals surface area contributed by atoms with Gasteiger partial charge in [0.2, 0.25) is 5.91 Å². The topological polar surface area (TPSA) is 81.4 Å². The van der Waals surface area contributed by atoms with E-state index in [2.05, 4.69) is 10.5 Å². The Kier molecular flexibility index (Phi) is 7.58. The Morgan fingerprint density at radius 3 is 2.48 bits per heavy atom. The van der Waals surface area contributed by atoms with Gasteiger partial charge in [0, 0.05) is 12.0 Å². The smallest absolute Gasteiger partial charge is 0.313 e. The fourth-order valence-electron chi connectivity index (χ4n) is 3.02. The molecule has 1 heterocycles. The molecule has 0 bridgehead atoms. The lowest BCUT2D eigenvalue weighted by molar-refractivity contribution is -0.145. The van der Waals surface area contributed by atoms with E-state index in [0.717, 1.165) is 11.1 Å². The predicted octanol–water partition coefficient (Wildman–Crippen LogP) is 3.39. The Balaban J connectivity index is 1.71. The Hall–Kier alpha value is -2.63. The standard InChI is InChI=1S/C21H28N2O4/c1-5-18(20-15(3)23-27-16(20)4)21(25)26-13-12-22-19(24)11-10-17-8-6-14(2)7-9-17/h6-9,18H,5,10-13H2,1-4H3,(H,22,24). The molecule has 2 aromatic rings. The fourth-order valence-corrected chi connectivity index (χ4v) is 3.02. The molecule has 1 aromatic heterocycles. The van der Waals surface area contributed by atoms with Gasteiger partial charge < -0.3 is 14.6 Å². The summed E-state index contributed by atoms with van der Waals surface area (Å²) >= 11 is 0. The summed E-state index contributed by atoms with van der Waals surface area (Å²) in [5.74, 6) is -0.126. The Bertz CT molecular complexity index is 745. The van der Waals surface area contributed by atoms with Gasteiger partial charge in [-0.15, -0.1) is 0 Å². The lowest BCUT2D eigenvalue weighted by atomic mass is 9.95. The maximum absolute atomic E-state index is 12.4. The quantitative estimate of drug-likeness (QED) is 0.539. The van der Waals surface area contributed by atoms with Crippen LogP contribution < -0.4 is 5.32 Å². The van der Waals surface area contributed by atoms with Gasteiger partial charge in [0.1, 0.15) is 12.4 Å². The second kappa shape index (κ2) is 9.90. The fraction of sp³-hybridized carbons (Fsp3) is 0.476. The van der Waals surface area contributed by atoms with E-state index in [4.69, 9.17) is 9.26 Å². The number of hydrogen-bond donors (Lipinski definition) is 1. The number of ether oxygens (including phenoxy) is 1. The monoisotopic (exact) mass is 372 g/mol. The zero-order chi connectivity index (χ0) is 19.8. The highest BCUT2D eigenvalue weighted by molar-refractivity contribution is 5.79. The van der Waals surface area contributed by atoms with Crippen molar-refractivity contribution in [2.75, 3.05) is 13.2 Å². The first-order chi connectivity index (χ1) is 12.9. The molecule has 0 saturated carbocycles. The highest BCUT2D eigenvalue weighted by Crippen LogP contribution is 2.27. The molecule has 1 unspecified atom stereocenters. The average molecular weight is 372 g/mol. The third-order valence-electron chi connectivity index (χ3n) is 4.56. The van der Waals surface area contributed by atoms with Crippen molar-refractivity contribution in [3.05, 3.63) is 52.4 Å². The van der Waals surface area contributed by atoms with Crippen LogP contribution >= 0.6 is 0 Å². The second-order valence-electron chi connectivity index (χ2n) is 6.70. The Labute approximate surface area is 160 Å². The molecule has 0 saturated heterocycles. The summed E-state index contributed by atoms with van der Waals surface area (Å²) < 4.78 is 10.5. The van der Waals surface area contributed by atoms with E-state index < -0.39 is 5.92 Å². The van der Waals surface area contributed by atoms with Gasteiger partial charge in [-0.05, 0) is 39.2 Å². The SMILES string of the molecule is CCC(C(=O)OCCNC(=O)CCc1ccc(C)cc1)c1c(C)noc1C. The molecule has 1 N–H and O–H groups in total. The van der Waals surface area contributed by atoms with Crippen molar-refractivity contribution in [3.63, 3.8) is 0 Å². The molecule has 6 heteroatoms. The van der Waals surface area contributed by atoms with Crippen LogP contribution in [0.5, 0.6) is 0 Å². The third kappa shape index (κ3) is 5.94. The molecular formula is C21H28N2O4. The summed E-state index contributed by atoms with van der Waals surface area (Å²) in [5, 5.41) is 6.68. The number of nitrogens with zero attached hydrogens (tertiary/aromatic N) is 1. The summed E-state index contributed by atoms with van der Waals surface area (Å²) in [7, 11) is 0. The summed E-state index contributed by atoms with van der Waals surface area (Å²) in [4.78, 5) is 24.3. The van der Waals surface area contributed by atoms with Gasteiger partial charge in [-0.3, -0.25) is 9.59 Å².